The lowest BCUT2D eigenvalue weighted by molar-refractivity contribution is 0.644. The van der Waals surface area contributed by atoms with Crippen LogP contribution in [0.1, 0.15) is 23.7 Å². The summed E-state index contributed by atoms with van der Waals surface area (Å²) in [6, 6.07) is 12.4. The molecule has 0 saturated heterocycles. The van der Waals surface area contributed by atoms with Crippen LogP contribution in [0.5, 0.6) is 0 Å². The molecule has 1 atom stereocenters. The average Bonchev–Trinajstić information content (AvgIpc) is 3.01. The van der Waals surface area contributed by atoms with Crippen LogP contribution in [0.3, 0.4) is 0 Å². The van der Waals surface area contributed by atoms with Crippen LogP contribution in [0.4, 0.5) is 0 Å². The molecule has 0 amide bonds. The maximum absolute atomic E-state index is 6.32. The van der Waals surface area contributed by atoms with Crippen LogP contribution in [0.15, 0.2) is 40.2 Å². The van der Waals surface area contributed by atoms with Gasteiger partial charge in [0.2, 0.25) is 0 Å². The number of aromatic nitrogens is 2. The summed E-state index contributed by atoms with van der Waals surface area (Å²) in [7, 11) is 0. The lowest BCUT2D eigenvalue weighted by Gasteiger charge is -2.11. The Morgan fingerprint density at radius 1 is 1.30 bits per heavy atom. The third kappa shape index (κ3) is 2.53. The van der Waals surface area contributed by atoms with E-state index in [9.17, 15) is 0 Å². The molecule has 0 bridgehead atoms. The first-order valence-electron chi connectivity index (χ1n) is 6.64. The smallest absolute Gasteiger partial charge is 0.111 e. The number of hydrogen-bond acceptors (Lipinski definition) is 3. The summed E-state index contributed by atoms with van der Waals surface area (Å²) in [5.41, 5.74) is 8.55. The number of thiophene rings is 1. The Hall–Kier alpha value is -1.17. The molecule has 0 radical (unpaired) electrons. The zero-order valence-electron chi connectivity index (χ0n) is 11.2. The van der Waals surface area contributed by atoms with Crippen molar-refractivity contribution in [2.24, 2.45) is 5.73 Å². The Bertz CT molecular complexity index is 732. The minimum Gasteiger partial charge on any atom is -0.328 e. The first-order chi connectivity index (χ1) is 9.69. The molecule has 2 heterocycles. The van der Waals surface area contributed by atoms with Gasteiger partial charge in [0.05, 0.1) is 14.8 Å². The van der Waals surface area contributed by atoms with Crippen molar-refractivity contribution < 1.29 is 0 Å². The van der Waals surface area contributed by atoms with Crippen LogP contribution in [0.25, 0.3) is 11.0 Å². The summed E-state index contributed by atoms with van der Waals surface area (Å²) in [6.45, 7) is 3.06. The molecule has 3 rings (SSSR count). The van der Waals surface area contributed by atoms with Crippen molar-refractivity contribution in [2.75, 3.05) is 0 Å². The van der Waals surface area contributed by atoms with E-state index in [4.69, 9.17) is 10.7 Å². The Labute approximate surface area is 130 Å². The number of para-hydroxylation sites is 2. The average molecular weight is 350 g/mol. The van der Waals surface area contributed by atoms with Gasteiger partial charge in [0.25, 0.3) is 0 Å². The molecule has 5 heteroatoms. The van der Waals surface area contributed by atoms with Gasteiger partial charge in [-0.2, -0.15) is 0 Å². The number of nitrogens with two attached hydrogens (primary N) is 1. The molecular weight excluding hydrogens is 334 g/mol. The largest absolute Gasteiger partial charge is 0.328 e. The summed E-state index contributed by atoms with van der Waals surface area (Å²) in [6.07, 6.45) is 0.759. The van der Waals surface area contributed by atoms with Crippen molar-refractivity contribution in [3.8, 4) is 0 Å². The molecule has 20 heavy (non-hydrogen) atoms. The zero-order chi connectivity index (χ0) is 14.1. The van der Waals surface area contributed by atoms with E-state index in [0.29, 0.717) is 0 Å². The number of aryl methyl sites for hydroxylation is 1. The second-order valence-electron chi connectivity index (χ2n) is 4.71. The highest BCUT2D eigenvalue weighted by Crippen LogP contribution is 2.28. The third-order valence-electron chi connectivity index (χ3n) is 3.41. The van der Waals surface area contributed by atoms with Gasteiger partial charge in [0, 0.05) is 23.9 Å². The van der Waals surface area contributed by atoms with E-state index in [1.807, 2.05) is 12.1 Å². The normalized spacial score (nSPS) is 12.9. The molecule has 3 aromatic rings. The molecule has 2 aromatic heterocycles. The predicted molar refractivity (Wildman–Crippen MR) is 88.1 cm³/mol. The number of nitrogens with zero attached hydrogens (tertiary/aromatic N) is 2. The summed E-state index contributed by atoms with van der Waals surface area (Å²) in [5, 5.41) is 0. The molecule has 1 unspecified atom stereocenters. The van der Waals surface area contributed by atoms with Crippen LogP contribution in [-0.4, -0.2) is 9.55 Å². The van der Waals surface area contributed by atoms with Crippen molar-refractivity contribution in [1.82, 2.24) is 9.55 Å². The molecule has 0 aliphatic heterocycles. The number of fused-ring (bicyclic) bond motifs is 1. The second kappa shape index (κ2) is 5.68. The lowest BCUT2D eigenvalue weighted by atomic mass is 10.2. The van der Waals surface area contributed by atoms with E-state index in [1.165, 1.54) is 10.4 Å². The highest BCUT2D eigenvalue weighted by atomic mass is 79.9. The molecular formula is C15H16BrN3S. The van der Waals surface area contributed by atoms with Crippen LogP contribution < -0.4 is 5.73 Å². The Balaban J connectivity index is 1.94. The molecule has 1 aromatic carbocycles. The van der Waals surface area contributed by atoms with Gasteiger partial charge in [0.1, 0.15) is 5.82 Å². The Morgan fingerprint density at radius 2 is 2.10 bits per heavy atom. The van der Waals surface area contributed by atoms with Crippen molar-refractivity contribution in [1.29, 1.82) is 0 Å². The van der Waals surface area contributed by atoms with Gasteiger partial charge in [-0.3, -0.25) is 0 Å². The summed E-state index contributed by atoms with van der Waals surface area (Å²) in [5.74, 6) is 1.06. The second-order valence-corrected chi connectivity index (χ2v) is 7.21. The fraction of sp³-hybridized carbons (Fsp3) is 0.267. The molecule has 0 fully saturated rings. The number of hydrogen-bond donors (Lipinski definition) is 1. The standard InChI is InChI=1S/C15H16BrN3S/c1-2-19-12-6-4-3-5-11(12)18-15(19)9-10(17)13-7-8-14(16)20-13/h3-8,10H,2,9,17H2,1H3. The molecule has 0 aliphatic carbocycles. The summed E-state index contributed by atoms with van der Waals surface area (Å²) < 4.78 is 3.37. The van der Waals surface area contributed by atoms with Gasteiger partial charge in [-0.15, -0.1) is 11.3 Å². The third-order valence-corrected chi connectivity index (χ3v) is 5.17. The topological polar surface area (TPSA) is 43.8 Å². The first kappa shape index (κ1) is 13.8. The van der Waals surface area contributed by atoms with Gasteiger partial charge in [0.15, 0.2) is 0 Å². The van der Waals surface area contributed by atoms with E-state index in [2.05, 4.69) is 51.7 Å². The number of halogens is 1. The van der Waals surface area contributed by atoms with Crippen LogP contribution in [-0.2, 0) is 13.0 Å². The van der Waals surface area contributed by atoms with E-state index in [0.717, 1.165) is 28.1 Å². The Morgan fingerprint density at radius 3 is 2.80 bits per heavy atom. The number of rotatable bonds is 4. The van der Waals surface area contributed by atoms with Gasteiger partial charge >= 0.3 is 0 Å². The fourth-order valence-electron chi connectivity index (χ4n) is 2.46. The zero-order valence-corrected chi connectivity index (χ0v) is 13.6. The van der Waals surface area contributed by atoms with Gasteiger partial charge in [-0.1, -0.05) is 12.1 Å². The molecule has 0 aliphatic rings. The van der Waals surface area contributed by atoms with E-state index in [1.54, 1.807) is 11.3 Å². The summed E-state index contributed by atoms with van der Waals surface area (Å²) in [4.78, 5) is 5.92. The van der Waals surface area contributed by atoms with Crippen molar-refractivity contribution in [3.63, 3.8) is 0 Å². The van der Waals surface area contributed by atoms with Gasteiger partial charge in [-0.25, -0.2) is 4.98 Å². The van der Waals surface area contributed by atoms with E-state index < -0.39 is 0 Å². The Kier molecular flexibility index (Phi) is 3.92. The predicted octanol–water partition coefficient (Wildman–Crippen LogP) is 4.12. The summed E-state index contributed by atoms with van der Waals surface area (Å²) >= 11 is 5.17. The maximum Gasteiger partial charge on any atom is 0.111 e. The van der Waals surface area contributed by atoms with Crippen molar-refractivity contribution in [2.45, 2.75) is 25.9 Å². The van der Waals surface area contributed by atoms with Gasteiger partial charge in [-0.05, 0) is 47.1 Å². The van der Waals surface area contributed by atoms with Crippen LogP contribution >= 0.6 is 27.3 Å². The molecule has 3 nitrogen and oxygen atoms in total. The van der Waals surface area contributed by atoms with Crippen LogP contribution in [0.2, 0.25) is 0 Å². The van der Waals surface area contributed by atoms with Crippen molar-refractivity contribution in [3.05, 3.63) is 50.9 Å². The fourth-order valence-corrected chi connectivity index (χ4v) is 3.88. The van der Waals surface area contributed by atoms with Gasteiger partial charge < -0.3 is 10.3 Å². The van der Waals surface area contributed by atoms with E-state index in [-0.39, 0.29) is 6.04 Å². The highest BCUT2D eigenvalue weighted by Gasteiger charge is 2.15. The number of benzene rings is 1. The molecule has 0 saturated carbocycles. The first-order valence-corrected chi connectivity index (χ1v) is 8.25. The minimum absolute atomic E-state index is 0.00610. The van der Waals surface area contributed by atoms with Crippen LogP contribution in [0, 0.1) is 0 Å². The molecule has 2 N–H and O–H groups in total. The van der Waals surface area contributed by atoms with Crippen molar-refractivity contribution >= 4 is 38.3 Å². The number of imidazole rings is 1. The monoisotopic (exact) mass is 349 g/mol. The SMILES string of the molecule is CCn1c(CC(N)c2ccc(Br)s2)nc2ccccc21. The molecule has 0 spiro atoms. The minimum atomic E-state index is -0.00610. The lowest BCUT2D eigenvalue weighted by Crippen LogP contribution is -2.15. The highest BCUT2D eigenvalue weighted by molar-refractivity contribution is 9.11. The quantitative estimate of drug-likeness (QED) is 0.769. The van der Waals surface area contributed by atoms with E-state index >= 15 is 0 Å². The maximum atomic E-state index is 6.32. The molecule has 104 valence electrons.